The molecule has 2 heterocycles. The third kappa shape index (κ3) is 2.07. The van der Waals surface area contributed by atoms with Gasteiger partial charge in [-0.1, -0.05) is 18.2 Å². The summed E-state index contributed by atoms with van der Waals surface area (Å²) in [6.45, 7) is -0.0524. The second-order valence-electron chi connectivity index (χ2n) is 4.06. The molecule has 96 valence electrons. The highest BCUT2D eigenvalue weighted by Gasteiger charge is 2.16. The van der Waals surface area contributed by atoms with Gasteiger partial charge in [-0.05, 0) is 23.7 Å². The molecule has 0 saturated heterocycles. The monoisotopic (exact) mass is 272 g/mol. The van der Waals surface area contributed by atoms with E-state index in [1.54, 1.807) is 13.3 Å². The van der Waals surface area contributed by atoms with Gasteiger partial charge < -0.3 is 9.84 Å². The van der Waals surface area contributed by atoms with Gasteiger partial charge in [0.2, 0.25) is 5.88 Å². The standard InChI is InChI=1S/C14H12N2O2S/c1-18-14-13(12(8-17)19-16-14)10-6-9-4-2-3-5-11(9)15-7-10/h2-7,17H,8H2,1H3. The van der Waals surface area contributed by atoms with Crippen molar-refractivity contribution in [3.8, 4) is 17.0 Å². The Morgan fingerprint density at radius 1 is 1.32 bits per heavy atom. The third-order valence-electron chi connectivity index (χ3n) is 2.95. The lowest BCUT2D eigenvalue weighted by molar-refractivity contribution is 0.285. The van der Waals surface area contributed by atoms with Gasteiger partial charge in [-0.2, -0.15) is 4.37 Å². The van der Waals surface area contributed by atoms with Crippen LogP contribution in [0, 0.1) is 0 Å². The molecule has 4 nitrogen and oxygen atoms in total. The van der Waals surface area contributed by atoms with Crippen LogP contribution >= 0.6 is 11.5 Å². The number of benzene rings is 1. The fourth-order valence-corrected chi connectivity index (χ4v) is 2.76. The highest BCUT2D eigenvalue weighted by molar-refractivity contribution is 7.06. The quantitative estimate of drug-likeness (QED) is 0.796. The van der Waals surface area contributed by atoms with Crippen LogP contribution in [0.3, 0.4) is 0 Å². The first-order chi connectivity index (χ1) is 9.33. The summed E-state index contributed by atoms with van der Waals surface area (Å²) < 4.78 is 9.45. The van der Waals surface area contributed by atoms with Crippen molar-refractivity contribution in [1.82, 2.24) is 9.36 Å². The summed E-state index contributed by atoms with van der Waals surface area (Å²) in [6, 6.07) is 9.95. The van der Waals surface area contributed by atoms with E-state index in [-0.39, 0.29) is 6.61 Å². The Kier molecular flexibility index (Phi) is 3.15. The Balaban J connectivity index is 2.21. The average molecular weight is 272 g/mol. The summed E-state index contributed by atoms with van der Waals surface area (Å²) in [7, 11) is 1.58. The Bertz CT molecular complexity index is 703. The molecule has 0 unspecified atom stereocenters. The highest BCUT2D eigenvalue weighted by Crippen LogP contribution is 2.36. The van der Waals surface area contributed by atoms with Crippen molar-refractivity contribution in [2.24, 2.45) is 0 Å². The lowest BCUT2D eigenvalue weighted by Crippen LogP contribution is -1.90. The van der Waals surface area contributed by atoms with Gasteiger partial charge in [0, 0.05) is 17.1 Å². The zero-order valence-corrected chi connectivity index (χ0v) is 11.1. The molecule has 0 saturated carbocycles. The van der Waals surface area contributed by atoms with Crippen LogP contribution in [0.1, 0.15) is 4.88 Å². The molecule has 0 radical (unpaired) electrons. The second kappa shape index (κ2) is 4.95. The number of ether oxygens (including phenoxy) is 1. The van der Waals surface area contributed by atoms with Gasteiger partial charge in [0.25, 0.3) is 0 Å². The van der Waals surface area contributed by atoms with Crippen molar-refractivity contribution < 1.29 is 9.84 Å². The van der Waals surface area contributed by atoms with E-state index >= 15 is 0 Å². The number of aliphatic hydroxyl groups excluding tert-OH is 1. The normalized spacial score (nSPS) is 10.8. The average Bonchev–Trinajstić information content (AvgIpc) is 2.89. The fourth-order valence-electron chi connectivity index (χ4n) is 2.05. The molecule has 3 aromatic rings. The zero-order valence-electron chi connectivity index (χ0n) is 10.3. The predicted octanol–water partition coefficient (Wildman–Crippen LogP) is 2.86. The molecule has 2 aromatic heterocycles. The number of rotatable bonds is 3. The third-order valence-corrected chi connectivity index (χ3v) is 3.76. The number of nitrogens with zero attached hydrogens (tertiary/aromatic N) is 2. The van der Waals surface area contributed by atoms with Gasteiger partial charge in [0.15, 0.2) is 0 Å². The van der Waals surface area contributed by atoms with Crippen molar-refractivity contribution in [2.45, 2.75) is 6.61 Å². The molecule has 0 spiro atoms. The van der Waals surface area contributed by atoms with Gasteiger partial charge in [0.1, 0.15) is 0 Å². The minimum atomic E-state index is -0.0524. The molecular weight excluding hydrogens is 260 g/mol. The van der Waals surface area contributed by atoms with E-state index in [2.05, 4.69) is 9.36 Å². The number of pyridine rings is 1. The first-order valence-electron chi connectivity index (χ1n) is 5.82. The largest absolute Gasteiger partial charge is 0.480 e. The van der Waals surface area contributed by atoms with Crippen LogP contribution in [0.5, 0.6) is 5.88 Å². The number of hydrogen-bond acceptors (Lipinski definition) is 5. The SMILES string of the molecule is COc1nsc(CO)c1-c1cnc2ccccc2c1. The van der Waals surface area contributed by atoms with Crippen molar-refractivity contribution in [3.63, 3.8) is 0 Å². The van der Waals surface area contributed by atoms with Crippen molar-refractivity contribution in [3.05, 3.63) is 41.4 Å². The molecule has 3 rings (SSSR count). The molecule has 5 heteroatoms. The van der Waals surface area contributed by atoms with Gasteiger partial charge in [-0.15, -0.1) is 0 Å². The molecule has 1 aromatic carbocycles. The maximum absolute atomic E-state index is 9.40. The topological polar surface area (TPSA) is 55.2 Å². The van der Waals surface area contributed by atoms with Gasteiger partial charge in [-0.25, -0.2) is 0 Å². The molecule has 0 aliphatic rings. The Labute approximate surface area is 114 Å². The van der Waals surface area contributed by atoms with Crippen LogP contribution in [-0.2, 0) is 6.61 Å². The predicted molar refractivity (Wildman–Crippen MR) is 75.3 cm³/mol. The van der Waals surface area contributed by atoms with E-state index in [9.17, 15) is 5.11 Å². The van der Waals surface area contributed by atoms with Gasteiger partial charge in [0.05, 0.1) is 29.7 Å². The number of methoxy groups -OCH3 is 1. The zero-order chi connectivity index (χ0) is 13.2. The molecule has 1 N–H and O–H groups in total. The number of hydrogen-bond donors (Lipinski definition) is 1. The van der Waals surface area contributed by atoms with Crippen molar-refractivity contribution in [2.75, 3.05) is 7.11 Å². The summed E-state index contributed by atoms with van der Waals surface area (Å²) in [5, 5.41) is 10.4. The molecule has 0 atom stereocenters. The van der Waals surface area contributed by atoms with Crippen LogP contribution < -0.4 is 4.74 Å². The van der Waals surface area contributed by atoms with Gasteiger partial charge in [-0.3, -0.25) is 4.98 Å². The molecule has 0 bridgehead atoms. The second-order valence-corrected chi connectivity index (χ2v) is 4.92. The van der Waals surface area contributed by atoms with E-state index in [1.165, 1.54) is 11.5 Å². The Morgan fingerprint density at radius 2 is 2.16 bits per heavy atom. The lowest BCUT2D eigenvalue weighted by Gasteiger charge is -2.05. The Hall–Kier alpha value is -1.98. The van der Waals surface area contributed by atoms with E-state index < -0.39 is 0 Å². The molecule has 0 aliphatic carbocycles. The van der Waals surface area contributed by atoms with Crippen molar-refractivity contribution in [1.29, 1.82) is 0 Å². The van der Waals surface area contributed by atoms with E-state index in [0.717, 1.165) is 26.9 Å². The lowest BCUT2D eigenvalue weighted by atomic mass is 10.1. The summed E-state index contributed by atoms with van der Waals surface area (Å²) >= 11 is 1.25. The minimum absolute atomic E-state index is 0.0524. The summed E-state index contributed by atoms with van der Waals surface area (Å²) in [5.74, 6) is 0.533. The van der Waals surface area contributed by atoms with Crippen LogP contribution in [0.2, 0.25) is 0 Å². The van der Waals surface area contributed by atoms with Crippen LogP contribution in [0.15, 0.2) is 36.5 Å². The molecular formula is C14H12N2O2S. The van der Waals surface area contributed by atoms with Crippen molar-refractivity contribution >= 4 is 22.4 Å². The number of aromatic nitrogens is 2. The summed E-state index contributed by atoms with van der Waals surface area (Å²) in [6.07, 6.45) is 1.79. The number of aliphatic hydroxyl groups is 1. The van der Waals surface area contributed by atoms with Crippen LogP contribution in [0.25, 0.3) is 22.0 Å². The fraction of sp³-hybridized carbons (Fsp3) is 0.143. The van der Waals surface area contributed by atoms with Crippen LogP contribution in [-0.4, -0.2) is 21.6 Å². The van der Waals surface area contributed by atoms with E-state index in [1.807, 2.05) is 30.3 Å². The maximum Gasteiger partial charge on any atom is 0.233 e. The van der Waals surface area contributed by atoms with Gasteiger partial charge >= 0.3 is 0 Å². The highest BCUT2D eigenvalue weighted by atomic mass is 32.1. The first-order valence-corrected chi connectivity index (χ1v) is 6.59. The van der Waals surface area contributed by atoms with E-state index in [0.29, 0.717) is 5.88 Å². The molecule has 19 heavy (non-hydrogen) atoms. The van der Waals surface area contributed by atoms with E-state index in [4.69, 9.17) is 4.74 Å². The smallest absolute Gasteiger partial charge is 0.233 e. The maximum atomic E-state index is 9.40. The minimum Gasteiger partial charge on any atom is -0.480 e. The first kappa shape index (κ1) is 12.1. The molecule has 0 fully saturated rings. The summed E-state index contributed by atoms with van der Waals surface area (Å²) in [5.41, 5.74) is 2.68. The Morgan fingerprint density at radius 3 is 2.95 bits per heavy atom. The van der Waals surface area contributed by atoms with Crippen LogP contribution in [0.4, 0.5) is 0 Å². The number of para-hydroxylation sites is 1. The number of fused-ring (bicyclic) bond motifs is 1. The molecule has 0 aliphatic heterocycles. The summed E-state index contributed by atoms with van der Waals surface area (Å²) in [4.78, 5) is 5.21. The molecule has 0 amide bonds.